The van der Waals surface area contributed by atoms with E-state index in [4.69, 9.17) is 10.6 Å². The van der Waals surface area contributed by atoms with E-state index in [0.717, 1.165) is 0 Å². The van der Waals surface area contributed by atoms with Gasteiger partial charge in [-0.05, 0) is 23.6 Å². The van der Waals surface area contributed by atoms with Crippen LogP contribution in [0.1, 0.15) is 25.3 Å². The third-order valence-corrected chi connectivity index (χ3v) is 1.88. The SMILES string of the molecule is CC(C)c1ccc(OC(=O)NN)cc1. The molecule has 0 aliphatic carbocycles. The minimum Gasteiger partial charge on any atom is -0.409 e. The van der Waals surface area contributed by atoms with Crippen molar-refractivity contribution in [2.75, 3.05) is 0 Å². The van der Waals surface area contributed by atoms with Gasteiger partial charge in [-0.2, -0.15) is 0 Å². The fourth-order valence-corrected chi connectivity index (χ4v) is 1.06. The third kappa shape index (κ3) is 2.74. The van der Waals surface area contributed by atoms with Crippen LogP contribution in [0.2, 0.25) is 0 Å². The highest BCUT2D eigenvalue weighted by Crippen LogP contribution is 2.18. The lowest BCUT2D eigenvalue weighted by Crippen LogP contribution is -2.32. The van der Waals surface area contributed by atoms with Crippen LogP contribution >= 0.6 is 0 Å². The van der Waals surface area contributed by atoms with Crippen LogP contribution in [0.25, 0.3) is 0 Å². The molecule has 0 bridgehead atoms. The molecule has 0 unspecified atom stereocenters. The lowest BCUT2D eigenvalue weighted by Gasteiger charge is -2.06. The van der Waals surface area contributed by atoms with Crippen LogP contribution in [0.3, 0.4) is 0 Å². The first-order valence-corrected chi connectivity index (χ1v) is 4.42. The number of amides is 1. The molecular weight excluding hydrogens is 180 g/mol. The molecule has 0 aliphatic rings. The molecule has 0 saturated heterocycles. The molecule has 1 aromatic carbocycles. The highest BCUT2D eigenvalue weighted by molar-refractivity contribution is 5.69. The molecule has 4 nitrogen and oxygen atoms in total. The normalized spacial score (nSPS) is 10.0. The minimum atomic E-state index is -0.665. The maximum absolute atomic E-state index is 10.7. The summed E-state index contributed by atoms with van der Waals surface area (Å²) in [5.74, 6) is 5.82. The molecule has 76 valence electrons. The lowest BCUT2D eigenvalue weighted by atomic mass is 10.0. The fraction of sp³-hybridized carbons (Fsp3) is 0.300. The van der Waals surface area contributed by atoms with Gasteiger partial charge in [0, 0.05) is 0 Å². The monoisotopic (exact) mass is 194 g/mol. The first kappa shape index (κ1) is 10.5. The van der Waals surface area contributed by atoms with E-state index in [2.05, 4.69) is 13.8 Å². The third-order valence-electron chi connectivity index (χ3n) is 1.88. The van der Waals surface area contributed by atoms with Crippen molar-refractivity contribution in [3.8, 4) is 5.75 Å². The number of carbonyl (C=O) groups excluding carboxylic acids is 1. The fourth-order valence-electron chi connectivity index (χ4n) is 1.06. The second kappa shape index (κ2) is 4.62. The zero-order chi connectivity index (χ0) is 10.6. The standard InChI is InChI=1S/C10H14N2O2/c1-7(2)8-3-5-9(6-4-8)14-10(13)12-11/h3-7H,11H2,1-2H3,(H,12,13). The van der Waals surface area contributed by atoms with Crippen molar-refractivity contribution in [2.24, 2.45) is 5.84 Å². The molecule has 1 aromatic rings. The molecule has 0 fully saturated rings. The Labute approximate surface area is 83.0 Å². The van der Waals surface area contributed by atoms with Crippen LogP contribution in [-0.4, -0.2) is 6.09 Å². The van der Waals surface area contributed by atoms with E-state index in [-0.39, 0.29) is 0 Å². The van der Waals surface area contributed by atoms with Crippen LogP contribution in [0.4, 0.5) is 4.79 Å². The van der Waals surface area contributed by atoms with Crippen molar-refractivity contribution in [3.63, 3.8) is 0 Å². The van der Waals surface area contributed by atoms with Gasteiger partial charge in [-0.3, -0.25) is 5.43 Å². The Morgan fingerprint density at radius 2 is 1.93 bits per heavy atom. The first-order valence-electron chi connectivity index (χ1n) is 4.42. The van der Waals surface area contributed by atoms with Gasteiger partial charge in [0.2, 0.25) is 0 Å². The van der Waals surface area contributed by atoms with Gasteiger partial charge in [-0.1, -0.05) is 26.0 Å². The molecule has 14 heavy (non-hydrogen) atoms. The molecule has 0 heterocycles. The molecular formula is C10H14N2O2. The van der Waals surface area contributed by atoms with Crippen LogP contribution in [0.15, 0.2) is 24.3 Å². The predicted octanol–water partition coefficient (Wildman–Crippen LogP) is 1.77. The van der Waals surface area contributed by atoms with Crippen molar-refractivity contribution in [1.29, 1.82) is 0 Å². The summed E-state index contributed by atoms with van der Waals surface area (Å²) < 4.78 is 4.82. The number of hydrazine groups is 1. The topological polar surface area (TPSA) is 64.3 Å². The summed E-state index contributed by atoms with van der Waals surface area (Å²) in [5.41, 5.74) is 3.09. The van der Waals surface area contributed by atoms with Gasteiger partial charge in [-0.25, -0.2) is 10.6 Å². The molecule has 0 radical (unpaired) electrons. The highest BCUT2D eigenvalue weighted by Gasteiger charge is 2.02. The molecule has 0 saturated carbocycles. The van der Waals surface area contributed by atoms with Gasteiger partial charge in [0.05, 0.1) is 0 Å². The lowest BCUT2D eigenvalue weighted by molar-refractivity contribution is 0.200. The van der Waals surface area contributed by atoms with Crippen LogP contribution in [0, 0.1) is 0 Å². The van der Waals surface area contributed by atoms with Gasteiger partial charge in [-0.15, -0.1) is 0 Å². The summed E-state index contributed by atoms with van der Waals surface area (Å²) in [4.78, 5) is 10.7. The number of carbonyl (C=O) groups is 1. The summed E-state index contributed by atoms with van der Waals surface area (Å²) in [6, 6.07) is 7.32. The molecule has 1 amide bonds. The van der Waals surface area contributed by atoms with E-state index in [0.29, 0.717) is 11.7 Å². The Morgan fingerprint density at radius 1 is 1.36 bits per heavy atom. The summed E-state index contributed by atoms with van der Waals surface area (Å²) >= 11 is 0. The van der Waals surface area contributed by atoms with E-state index < -0.39 is 6.09 Å². The average molecular weight is 194 g/mol. The molecule has 3 N–H and O–H groups in total. The number of nitrogens with two attached hydrogens (primary N) is 1. The number of benzene rings is 1. The Hall–Kier alpha value is -1.55. The Bertz CT molecular complexity index is 306. The maximum atomic E-state index is 10.7. The zero-order valence-corrected chi connectivity index (χ0v) is 8.28. The molecule has 1 rings (SSSR count). The molecule has 0 spiro atoms. The van der Waals surface area contributed by atoms with E-state index in [1.807, 2.05) is 17.6 Å². The molecule has 0 atom stereocenters. The van der Waals surface area contributed by atoms with E-state index in [1.165, 1.54) is 5.56 Å². The van der Waals surface area contributed by atoms with Crippen molar-refractivity contribution in [2.45, 2.75) is 19.8 Å². The largest absolute Gasteiger partial charge is 0.426 e. The predicted molar refractivity (Wildman–Crippen MR) is 53.9 cm³/mol. The zero-order valence-electron chi connectivity index (χ0n) is 8.28. The second-order valence-electron chi connectivity index (χ2n) is 3.26. The molecule has 4 heteroatoms. The smallest absolute Gasteiger partial charge is 0.409 e. The van der Waals surface area contributed by atoms with Gasteiger partial charge in [0.15, 0.2) is 0 Å². The van der Waals surface area contributed by atoms with Crippen LogP contribution in [-0.2, 0) is 0 Å². The van der Waals surface area contributed by atoms with Crippen molar-refractivity contribution < 1.29 is 9.53 Å². The minimum absolute atomic E-state index is 0.465. The molecule has 0 aromatic heterocycles. The summed E-state index contributed by atoms with van der Waals surface area (Å²) in [5, 5.41) is 0. The summed E-state index contributed by atoms with van der Waals surface area (Å²) in [7, 11) is 0. The van der Waals surface area contributed by atoms with Gasteiger partial charge in [0.25, 0.3) is 0 Å². The number of hydrogen-bond acceptors (Lipinski definition) is 3. The van der Waals surface area contributed by atoms with Crippen LogP contribution < -0.4 is 16.0 Å². The Kier molecular flexibility index (Phi) is 3.48. The summed E-state index contributed by atoms with van der Waals surface area (Å²) in [6.45, 7) is 4.20. The molecule has 0 aliphatic heterocycles. The van der Waals surface area contributed by atoms with Crippen molar-refractivity contribution >= 4 is 6.09 Å². The second-order valence-corrected chi connectivity index (χ2v) is 3.26. The number of rotatable bonds is 2. The van der Waals surface area contributed by atoms with Crippen molar-refractivity contribution in [1.82, 2.24) is 5.43 Å². The highest BCUT2D eigenvalue weighted by atomic mass is 16.6. The Morgan fingerprint density at radius 3 is 2.36 bits per heavy atom. The van der Waals surface area contributed by atoms with Gasteiger partial charge < -0.3 is 4.74 Å². The maximum Gasteiger partial charge on any atom is 0.426 e. The Balaban J connectivity index is 2.69. The first-order chi connectivity index (χ1) is 6.63. The number of ether oxygens (including phenoxy) is 1. The van der Waals surface area contributed by atoms with Crippen LogP contribution in [0.5, 0.6) is 5.75 Å². The van der Waals surface area contributed by atoms with Gasteiger partial charge in [0.1, 0.15) is 5.75 Å². The number of hydrogen-bond donors (Lipinski definition) is 2. The average Bonchev–Trinajstić information content (AvgIpc) is 2.18. The van der Waals surface area contributed by atoms with E-state index in [9.17, 15) is 4.79 Å². The quantitative estimate of drug-likeness (QED) is 0.428. The summed E-state index contributed by atoms with van der Waals surface area (Å²) in [6.07, 6.45) is -0.665. The van der Waals surface area contributed by atoms with E-state index >= 15 is 0 Å². The van der Waals surface area contributed by atoms with Gasteiger partial charge >= 0.3 is 6.09 Å². The van der Waals surface area contributed by atoms with E-state index in [1.54, 1.807) is 12.1 Å². The van der Waals surface area contributed by atoms with Crippen molar-refractivity contribution in [3.05, 3.63) is 29.8 Å². The number of nitrogens with one attached hydrogen (secondary N) is 1.